The van der Waals surface area contributed by atoms with E-state index in [2.05, 4.69) is 15.5 Å². The highest BCUT2D eigenvalue weighted by atomic mass is 19.1. The molecule has 3 aromatic rings. The highest BCUT2D eigenvalue weighted by molar-refractivity contribution is 5.92. The van der Waals surface area contributed by atoms with Gasteiger partial charge in [0, 0.05) is 43.4 Å². The van der Waals surface area contributed by atoms with Crippen molar-refractivity contribution in [1.82, 2.24) is 24.9 Å². The number of fused-ring (bicyclic) bond motifs is 1. The average molecular weight is 401 g/mol. The first-order valence-corrected chi connectivity index (χ1v) is 9.45. The minimum atomic E-state index is -0.459. The predicted molar refractivity (Wildman–Crippen MR) is 111 cm³/mol. The number of ether oxygens (including phenoxy) is 1. The van der Waals surface area contributed by atoms with Crippen molar-refractivity contribution in [3.05, 3.63) is 30.2 Å². The van der Waals surface area contributed by atoms with Gasteiger partial charge in [0.05, 0.1) is 23.6 Å². The van der Waals surface area contributed by atoms with Crippen LogP contribution in [0.2, 0.25) is 0 Å². The molecule has 29 heavy (non-hydrogen) atoms. The summed E-state index contributed by atoms with van der Waals surface area (Å²) in [7, 11) is 1.90. The third-order valence-electron chi connectivity index (χ3n) is 5.45. The Morgan fingerprint density at radius 2 is 2.17 bits per heavy atom. The maximum absolute atomic E-state index is 12.6. The summed E-state index contributed by atoms with van der Waals surface area (Å²) in [6.45, 7) is 4.40. The van der Waals surface area contributed by atoms with Gasteiger partial charge in [-0.1, -0.05) is 7.43 Å². The zero-order valence-electron chi connectivity index (χ0n) is 16.3. The van der Waals surface area contributed by atoms with E-state index < -0.39 is 6.67 Å². The largest absolute Gasteiger partial charge is 0.490 e. The van der Waals surface area contributed by atoms with Crippen LogP contribution in [0.15, 0.2) is 24.5 Å². The zero-order valence-corrected chi connectivity index (χ0v) is 16.3. The molecular weight excluding hydrogens is 373 g/mol. The molecule has 0 spiro atoms. The summed E-state index contributed by atoms with van der Waals surface area (Å²) in [6, 6.07) is 3.98. The summed E-state index contributed by atoms with van der Waals surface area (Å²) in [5, 5.41) is 12.6. The molecule has 2 atom stereocenters. The minimum Gasteiger partial charge on any atom is -0.490 e. The van der Waals surface area contributed by atoms with Crippen molar-refractivity contribution >= 4 is 16.8 Å². The number of aryl methyl sites for hydroxylation is 3. The van der Waals surface area contributed by atoms with Gasteiger partial charge in [0.15, 0.2) is 0 Å². The number of amides is 1. The third-order valence-corrected chi connectivity index (χ3v) is 5.45. The lowest BCUT2D eigenvalue weighted by molar-refractivity contribution is -0.119. The number of nitrogens with one attached hydrogen (secondary N) is 1. The summed E-state index contributed by atoms with van der Waals surface area (Å²) in [4.78, 5) is 11.6. The lowest BCUT2D eigenvalue weighted by atomic mass is 10.0. The number of nitrogens with zero attached hydrogens (tertiary/aromatic N) is 4. The topological polar surface area (TPSA) is 74.0 Å². The molecule has 3 heterocycles. The van der Waals surface area contributed by atoms with Gasteiger partial charge in [-0.2, -0.15) is 10.2 Å². The van der Waals surface area contributed by atoms with Crippen LogP contribution in [0, 0.1) is 12.8 Å². The van der Waals surface area contributed by atoms with E-state index in [1.54, 1.807) is 10.9 Å². The maximum atomic E-state index is 12.6. The first-order valence-electron chi connectivity index (χ1n) is 9.45. The third kappa shape index (κ3) is 3.97. The van der Waals surface area contributed by atoms with Crippen LogP contribution in [0.5, 0.6) is 5.75 Å². The van der Waals surface area contributed by atoms with Gasteiger partial charge in [-0.25, -0.2) is 4.39 Å². The van der Waals surface area contributed by atoms with E-state index in [-0.39, 0.29) is 31.9 Å². The Balaban J connectivity index is 0.00000240. The number of hydrogen-bond donors (Lipinski definition) is 1. The van der Waals surface area contributed by atoms with Gasteiger partial charge in [-0.05, 0) is 31.5 Å². The molecule has 0 saturated carbocycles. The molecule has 1 aliphatic heterocycles. The van der Waals surface area contributed by atoms with Gasteiger partial charge >= 0.3 is 0 Å². The Hall–Kier alpha value is -2.90. The fraction of sp³-hybridized carbons (Fsp3) is 0.476. The number of aromatic nitrogens is 4. The SMILES string of the molecule is C.Cc1c2c(O[C@H](C)[C@H]3CNC(=O)C3)cc(-c3cnn(CCF)c3)cc2nn1C. The molecular formula is C21H28FN5O2. The van der Waals surface area contributed by atoms with Crippen molar-refractivity contribution < 1.29 is 13.9 Å². The molecule has 0 bridgehead atoms. The molecule has 0 radical (unpaired) electrons. The van der Waals surface area contributed by atoms with E-state index in [1.807, 2.05) is 43.9 Å². The quantitative estimate of drug-likeness (QED) is 0.688. The molecule has 1 fully saturated rings. The lowest BCUT2D eigenvalue weighted by Crippen LogP contribution is -2.25. The monoisotopic (exact) mass is 401 g/mol. The van der Waals surface area contributed by atoms with Gasteiger partial charge in [-0.15, -0.1) is 0 Å². The fourth-order valence-corrected chi connectivity index (χ4v) is 3.68. The molecule has 8 heteroatoms. The van der Waals surface area contributed by atoms with E-state index in [0.717, 1.165) is 33.5 Å². The second kappa shape index (κ2) is 8.23. The highest BCUT2D eigenvalue weighted by Gasteiger charge is 2.28. The number of halogens is 1. The van der Waals surface area contributed by atoms with Gasteiger partial charge in [-0.3, -0.25) is 14.2 Å². The summed E-state index contributed by atoms with van der Waals surface area (Å²) < 4.78 is 22.4. The smallest absolute Gasteiger partial charge is 0.220 e. The van der Waals surface area contributed by atoms with Crippen molar-refractivity contribution in [2.45, 2.75) is 40.3 Å². The first-order chi connectivity index (χ1) is 13.5. The summed E-state index contributed by atoms with van der Waals surface area (Å²) in [6.07, 6.45) is 3.90. The van der Waals surface area contributed by atoms with Gasteiger partial charge < -0.3 is 10.1 Å². The van der Waals surface area contributed by atoms with E-state index >= 15 is 0 Å². The molecule has 156 valence electrons. The van der Waals surface area contributed by atoms with Crippen LogP contribution >= 0.6 is 0 Å². The number of hydrogen-bond acceptors (Lipinski definition) is 4. The number of rotatable bonds is 6. The summed E-state index contributed by atoms with van der Waals surface area (Å²) >= 11 is 0. The Morgan fingerprint density at radius 1 is 1.38 bits per heavy atom. The highest BCUT2D eigenvalue weighted by Crippen LogP contribution is 2.35. The van der Waals surface area contributed by atoms with E-state index in [1.165, 1.54) is 0 Å². The number of carbonyl (C=O) groups is 1. The Bertz CT molecular complexity index is 1030. The lowest BCUT2D eigenvalue weighted by Gasteiger charge is -2.20. The van der Waals surface area contributed by atoms with Crippen molar-refractivity contribution in [3.63, 3.8) is 0 Å². The molecule has 1 amide bonds. The standard InChI is InChI=1S/C20H24FN5O2.CH4/c1-12-20-17(24-25(12)3)6-14(16-10-23-26(11-16)5-4-21)7-18(20)28-13(2)15-8-19(27)22-9-15;/h6-7,10-11,13,15H,4-5,8-9H2,1-3H3,(H,22,27);1H4/t13-,15-;/m1./s1. The zero-order chi connectivity index (χ0) is 19.8. The molecule has 4 rings (SSSR count). The molecule has 1 aliphatic rings. The minimum absolute atomic E-state index is 0. The molecule has 7 nitrogen and oxygen atoms in total. The Kier molecular flexibility index (Phi) is 5.91. The Labute approximate surface area is 169 Å². The van der Waals surface area contributed by atoms with E-state index in [0.29, 0.717) is 13.0 Å². The molecule has 2 aromatic heterocycles. The van der Waals surface area contributed by atoms with Crippen LogP contribution in [0.3, 0.4) is 0 Å². The van der Waals surface area contributed by atoms with Crippen molar-refractivity contribution in [2.24, 2.45) is 13.0 Å². The molecule has 1 saturated heterocycles. The normalized spacial score (nSPS) is 17.2. The fourth-order valence-electron chi connectivity index (χ4n) is 3.68. The molecule has 1 aromatic carbocycles. The second-order valence-corrected chi connectivity index (χ2v) is 7.35. The average Bonchev–Trinajstić information content (AvgIpc) is 3.36. The van der Waals surface area contributed by atoms with Crippen molar-refractivity contribution in [1.29, 1.82) is 0 Å². The molecule has 0 unspecified atom stereocenters. The Morgan fingerprint density at radius 3 is 2.86 bits per heavy atom. The van der Waals surface area contributed by atoms with Crippen molar-refractivity contribution in [3.8, 4) is 16.9 Å². The number of benzene rings is 1. The predicted octanol–water partition coefficient (Wildman–Crippen LogP) is 3.25. The van der Waals surface area contributed by atoms with Gasteiger partial charge in [0.25, 0.3) is 0 Å². The van der Waals surface area contributed by atoms with Crippen LogP contribution in [0.1, 0.15) is 26.5 Å². The van der Waals surface area contributed by atoms with Crippen LogP contribution < -0.4 is 10.1 Å². The van der Waals surface area contributed by atoms with Crippen LogP contribution in [-0.4, -0.2) is 44.8 Å². The van der Waals surface area contributed by atoms with Gasteiger partial charge in [0.1, 0.15) is 18.5 Å². The number of carbonyl (C=O) groups excluding carboxylic acids is 1. The molecule has 1 N–H and O–H groups in total. The number of alkyl halides is 1. The van der Waals surface area contributed by atoms with E-state index in [4.69, 9.17) is 4.74 Å². The van der Waals surface area contributed by atoms with Gasteiger partial charge in [0.2, 0.25) is 5.91 Å². The van der Waals surface area contributed by atoms with Crippen LogP contribution in [0.25, 0.3) is 22.0 Å². The molecule has 0 aliphatic carbocycles. The second-order valence-electron chi connectivity index (χ2n) is 7.35. The summed E-state index contributed by atoms with van der Waals surface area (Å²) in [5.74, 6) is 0.941. The van der Waals surface area contributed by atoms with E-state index in [9.17, 15) is 9.18 Å². The van der Waals surface area contributed by atoms with Crippen molar-refractivity contribution in [2.75, 3.05) is 13.2 Å². The van der Waals surface area contributed by atoms with Crippen LogP contribution in [0.4, 0.5) is 4.39 Å². The first kappa shape index (κ1) is 20.8. The van der Waals surface area contributed by atoms with Crippen LogP contribution in [-0.2, 0) is 18.4 Å². The summed E-state index contributed by atoms with van der Waals surface area (Å²) in [5.41, 5.74) is 3.64. The maximum Gasteiger partial charge on any atom is 0.220 e.